The topological polar surface area (TPSA) is 39.1 Å². The Hall–Kier alpha value is -1.88. The molecule has 1 unspecified atom stereocenters. The molecule has 1 heterocycles. The molecule has 0 saturated heterocycles. The predicted octanol–water partition coefficient (Wildman–Crippen LogP) is 1.88. The Morgan fingerprint density at radius 1 is 1.44 bits per heavy atom. The van der Waals surface area contributed by atoms with Crippen LogP contribution in [0.5, 0.6) is 5.75 Å². The van der Waals surface area contributed by atoms with E-state index in [2.05, 4.69) is 10.3 Å². The number of methoxy groups -OCH3 is 1. The van der Waals surface area contributed by atoms with Gasteiger partial charge in [0.2, 0.25) is 0 Å². The number of hydrogen-bond acceptors (Lipinski definition) is 3. The number of ether oxygens (including phenoxy) is 1. The first kappa shape index (κ1) is 12.6. The van der Waals surface area contributed by atoms with Crippen molar-refractivity contribution in [1.29, 1.82) is 0 Å². The number of rotatable bonds is 4. The highest BCUT2D eigenvalue weighted by molar-refractivity contribution is 5.40. The first-order chi connectivity index (χ1) is 8.67. The number of halogens is 1. The monoisotopic (exact) mass is 249 g/mol. The molecule has 96 valence electrons. The quantitative estimate of drug-likeness (QED) is 0.899. The molecule has 2 aromatic rings. The third-order valence-electron chi connectivity index (χ3n) is 2.94. The van der Waals surface area contributed by atoms with Gasteiger partial charge in [-0.3, -0.25) is 0 Å². The van der Waals surface area contributed by atoms with Crippen molar-refractivity contribution >= 4 is 0 Å². The highest BCUT2D eigenvalue weighted by atomic mass is 19.1. The van der Waals surface area contributed by atoms with E-state index in [1.807, 2.05) is 18.7 Å². The maximum absolute atomic E-state index is 13.4. The lowest BCUT2D eigenvalue weighted by atomic mass is 10.0. The minimum Gasteiger partial charge on any atom is -0.496 e. The van der Waals surface area contributed by atoms with E-state index in [4.69, 9.17) is 4.74 Å². The molecule has 0 saturated carbocycles. The van der Waals surface area contributed by atoms with Gasteiger partial charge in [0.05, 0.1) is 31.4 Å². The Balaban J connectivity index is 2.51. The zero-order valence-corrected chi connectivity index (χ0v) is 10.6. The molecule has 1 aromatic carbocycles. The van der Waals surface area contributed by atoms with Gasteiger partial charge in [-0.15, -0.1) is 0 Å². The number of nitrogens with zero attached hydrogens (tertiary/aromatic N) is 2. The molecule has 0 bridgehead atoms. The van der Waals surface area contributed by atoms with Crippen LogP contribution in [0, 0.1) is 5.82 Å². The Morgan fingerprint density at radius 2 is 2.22 bits per heavy atom. The summed E-state index contributed by atoms with van der Waals surface area (Å²) in [5.74, 6) is 0.366. The third-order valence-corrected chi connectivity index (χ3v) is 2.94. The summed E-state index contributed by atoms with van der Waals surface area (Å²) in [7, 11) is 5.30. The molecule has 0 amide bonds. The molecule has 1 atom stereocenters. The molecule has 18 heavy (non-hydrogen) atoms. The van der Waals surface area contributed by atoms with Gasteiger partial charge in [-0.2, -0.15) is 0 Å². The fourth-order valence-electron chi connectivity index (χ4n) is 2.04. The molecule has 0 aliphatic heterocycles. The van der Waals surface area contributed by atoms with Gasteiger partial charge in [0.15, 0.2) is 0 Å². The van der Waals surface area contributed by atoms with E-state index >= 15 is 0 Å². The number of imidazole rings is 1. The second-order valence-corrected chi connectivity index (χ2v) is 4.04. The van der Waals surface area contributed by atoms with E-state index in [0.717, 1.165) is 11.3 Å². The predicted molar refractivity (Wildman–Crippen MR) is 67.1 cm³/mol. The van der Waals surface area contributed by atoms with Crippen molar-refractivity contribution < 1.29 is 9.13 Å². The van der Waals surface area contributed by atoms with Crippen LogP contribution in [0.25, 0.3) is 0 Å². The first-order valence-corrected chi connectivity index (χ1v) is 5.64. The normalized spacial score (nSPS) is 12.4. The molecule has 0 radical (unpaired) electrons. The summed E-state index contributed by atoms with van der Waals surface area (Å²) in [6, 6.07) is 4.33. The molecule has 1 N–H and O–H groups in total. The molecule has 1 aromatic heterocycles. The maximum Gasteiger partial charge on any atom is 0.124 e. The van der Waals surface area contributed by atoms with Crippen molar-refractivity contribution in [2.75, 3.05) is 14.2 Å². The van der Waals surface area contributed by atoms with Crippen molar-refractivity contribution in [2.45, 2.75) is 6.04 Å². The van der Waals surface area contributed by atoms with E-state index in [1.165, 1.54) is 12.1 Å². The molecular weight excluding hydrogens is 233 g/mol. The standard InChI is InChI=1S/C13H16FN3O/c1-15-13(11-7-16-8-17(11)2)10-6-9(14)4-5-12(10)18-3/h4-8,13,15H,1-3H3. The van der Waals surface area contributed by atoms with E-state index < -0.39 is 0 Å². The van der Waals surface area contributed by atoms with Crippen molar-refractivity contribution in [3.63, 3.8) is 0 Å². The summed E-state index contributed by atoms with van der Waals surface area (Å²) in [6.45, 7) is 0. The molecule has 0 aliphatic rings. The molecule has 0 spiro atoms. The minimum absolute atomic E-state index is 0.164. The van der Waals surface area contributed by atoms with Gasteiger partial charge >= 0.3 is 0 Å². The maximum atomic E-state index is 13.4. The van der Waals surface area contributed by atoms with Gasteiger partial charge in [0.25, 0.3) is 0 Å². The van der Waals surface area contributed by atoms with Crippen molar-refractivity contribution in [1.82, 2.24) is 14.9 Å². The Bertz CT molecular complexity index is 539. The largest absolute Gasteiger partial charge is 0.496 e. The van der Waals surface area contributed by atoms with Gasteiger partial charge in [-0.05, 0) is 25.2 Å². The van der Waals surface area contributed by atoms with Crippen molar-refractivity contribution in [2.24, 2.45) is 7.05 Å². The van der Waals surface area contributed by atoms with Gasteiger partial charge in [0.1, 0.15) is 11.6 Å². The number of hydrogen-bond donors (Lipinski definition) is 1. The highest BCUT2D eigenvalue weighted by Gasteiger charge is 2.19. The van der Waals surface area contributed by atoms with E-state index in [-0.39, 0.29) is 11.9 Å². The second kappa shape index (κ2) is 5.18. The Kier molecular flexibility index (Phi) is 3.62. The summed E-state index contributed by atoms with van der Waals surface area (Å²) in [5.41, 5.74) is 1.70. The Labute approximate surface area is 105 Å². The van der Waals surface area contributed by atoms with Gasteiger partial charge in [-0.1, -0.05) is 0 Å². The molecule has 4 nitrogen and oxygen atoms in total. The van der Waals surface area contributed by atoms with Crippen molar-refractivity contribution in [3.8, 4) is 5.75 Å². The van der Waals surface area contributed by atoms with Crippen LogP contribution >= 0.6 is 0 Å². The van der Waals surface area contributed by atoms with Crippen LogP contribution in [0.3, 0.4) is 0 Å². The summed E-state index contributed by atoms with van der Waals surface area (Å²) < 4.78 is 20.6. The van der Waals surface area contributed by atoms with Gasteiger partial charge < -0.3 is 14.6 Å². The minimum atomic E-state index is -0.284. The first-order valence-electron chi connectivity index (χ1n) is 5.64. The fraction of sp³-hybridized carbons (Fsp3) is 0.308. The van der Waals surface area contributed by atoms with Crippen LogP contribution in [0.4, 0.5) is 4.39 Å². The van der Waals surface area contributed by atoms with E-state index in [9.17, 15) is 4.39 Å². The van der Waals surface area contributed by atoms with Gasteiger partial charge in [-0.25, -0.2) is 9.37 Å². The molecule has 5 heteroatoms. The summed E-state index contributed by atoms with van der Waals surface area (Å²) in [5, 5.41) is 3.16. The fourth-order valence-corrected chi connectivity index (χ4v) is 2.04. The summed E-state index contributed by atoms with van der Waals surface area (Å²) in [6.07, 6.45) is 3.47. The summed E-state index contributed by atoms with van der Waals surface area (Å²) in [4.78, 5) is 4.08. The lowest BCUT2D eigenvalue weighted by Crippen LogP contribution is -2.21. The van der Waals surface area contributed by atoms with E-state index in [0.29, 0.717) is 5.75 Å². The van der Waals surface area contributed by atoms with Crippen LogP contribution in [0.2, 0.25) is 0 Å². The van der Waals surface area contributed by atoms with E-state index in [1.54, 1.807) is 25.7 Å². The number of benzene rings is 1. The average molecular weight is 249 g/mol. The van der Waals surface area contributed by atoms with Gasteiger partial charge in [0, 0.05) is 12.6 Å². The van der Waals surface area contributed by atoms with Crippen LogP contribution in [-0.2, 0) is 7.05 Å². The van der Waals surface area contributed by atoms with Crippen molar-refractivity contribution in [3.05, 3.63) is 47.8 Å². The smallest absolute Gasteiger partial charge is 0.124 e. The lowest BCUT2D eigenvalue weighted by molar-refractivity contribution is 0.403. The molecule has 0 aliphatic carbocycles. The molecule has 0 fully saturated rings. The number of aromatic nitrogens is 2. The summed E-state index contributed by atoms with van der Waals surface area (Å²) >= 11 is 0. The third kappa shape index (κ3) is 2.22. The molecular formula is C13H16FN3O. The number of nitrogens with one attached hydrogen (secondary N) is 1. The van der Waals surface area contributed by atoms with Crippen LogP contribution in [0.15, 0.2) is 30.7 Å². The zero-order valence-electron chi connectivity index (χ0n) is 10.6. The Morgan fingerprint density at radius 3 is 2.78 bits per heavy atom. The average Bonchev–Trinajstić information content (AvgIpc) is 2.77. The van der Waals surface area contributed by atoms with Crippen LogP contribution < -0.4 is 10.1 Å². The lowest BCUT2D eigenvalue weighted by Gasteiger charge is -2.19. The number of aryl methyl sites for hydroxylation is 1. The zero-order chi connectivity index (χ0) is 13.1. The van der Waals surface area contributed by atoms with Crippen LogP contribution in [0.1, 0.15) is 17.3 Å². The van der Waals surface area contributed by atoms with Crippen LogP contribution in [-0.4, -0.2) is 23.7 Å². The second-order valence-electron chi connectivity index (χ2n) is 4.04. The molecule has 2 rings (SSSR count). The SMILES string of the molecule is CNC(c1cc(F)ccc1OC)c1cncn1C. The highest BCUT2D eigenvalue weighted by Crippen LogP contribution is 2.30.